The zero-order chi connectivity index (χ0) is 21.8. The summed E-state index contributed by atoms with van der Waals surface area (Å²) in [5.74, 6) is -3.67. The predicted molar refractivity (Wildman–Crippen MR) is 123 cm³/mol. The number of carbonyl (C=O) groups is 2. The summed E-state index contributed by atoms with van der Waals surface area (Å²) >= 11 is 0. The van der Waals surface area contributed by atoms with Gasteiger partial charge >= 0.3 is 11.9 Å². The summed E-state index contributed by atoms with van der Waals surface area (Å²) in [6.45, 7) is 2.16. The Balaban J connectivity index is 0.000000214. The quantitative estimate of drug-likeness (QED) is 0.217. The third kappa shape index (κ3) is 7.51. The Morgan fingerprint density at radius 2 is 1.03 bits per heavy atom. The smallest absolute Gasteiger partial charge is 0.317 e. The van der Waals surface area contributed by atoms with Crippen LogP contribution >= 0.6 is 0 Å². The molecule has 0 heterocycles. The monoisotopic (exact) mass is 408 g/mol. The van der Waals surface area contributed by atoms with Crippen LogP contribution in [-0.4, -0.2) is 22.2 Å². The van der Waals surface area contributed by atoms with Gasteiger partial charge in [-0.15, -0.1) is 0 Å². The fourth-order valence-corrected chi connectivity index (χ4v) is 3.54. The molecule has 0 unspecified atom stereocenters. The van der Waals surface area contributed by atoms with Crippen molar-refractivity contribution in [3.63, 3.8) is 0 Å². The van der Waals surface area contributed by atoms with Gasteiger partial charge in [0.25, 0.3) is 0 Å². The Labute approximate surface area is 178 Å². The van der Waals surface area contributed by atoms with Gasteiger partial charge in [-0.1, -0.05) is 100 Å². The van der Waals surface area contributed by atoms with Crippen LogP contribution in [0.5, 0.6) is 0 Å². The number of hydrogen-bond acceptors (Lipinski definition) is 2. The van der Waals surface area contributed by atoms with E-state index in [2.05, 4.69) is 67.6 Å². The first-order valence-electron chi connectivity index (χ1n) is 10.9. The maximum Gasteiger partial charge on any atom is 0.317 e. The van der Waals surface area contributed by atoms with Crippen molar-refractivity contribution in [2.45, 2.75) is 58.3 Å². The Hall–Kier alpha value is -2.88. The van der Waals surface area contributed by atoms with Crippen LogP contribution < -0.4 is 0 Å². The van der Waals surface area contributed by atoms with Crippen LogP contribution in [0.2, 0.25) is 0 Å². The molecule has 0 atom stereocenters. The Kier molecular flexibility index (Phi) is 9.85. The number of fused-ring (bicyclic) bond motifs is 2. The summed E-state index contributed by atoms with van der Waals surface area (Å²) in [7, 11) is 0. The van der Waals surface area contributed by atoms with E-state index in [1.54, 1.807) is 0 Å². The van der Waals surface area contributed by atoms with Gasteiger partial charge in [-0.05, 0) is 40.1 Å². The lowest BCUT2D eigenvalue weighted by Crippen LogP contribution is -2.23. The van der Waals surface area contributed by atoms with Crippen LogP contribution in [0, 0.1) is 5.92 Å². The summed E-state index contributed by atoms with van der Waals surface area (Å²) in [4.78, 5) is 21.1. The molecule has 4 heteroatoms. The molecule has 0 amide bonds. The second-order valence-corrected chi connectivity index (χ2v) is 7.69. The van der Waals surface area contributed by atoms with E-state index in [1.165, 1.54) is 47.2 Å². The standard InChI is InChI=1S/C14H10.C12H22O4/c1-2-6-12-10-14-8-4-3-7-13(14)9-11(12)5-1;1-2-3-4-5-6-7-8-9-10(11(13)14)12(15)16/h1-10H;10H,2-9H2,1H3,(H,13,14)(H,15,16). The topological polar surface area (TPSA) is 74.6 Å². The van der Waals surface area contributed by atoms with Crippen LogP contribution in [-0.2, 0) is 9.59 Å². The van der Waals surface area contributed by atoms with Gasteiger partial charge in [-0.3, -0.25) is 9.59 Å². The third-order valence-corrected chi connectivity index (χ3v) is 5.31. The summed E-state index contributed by atoms with van der Waals surface area (Å²) in [5.41, 5.74) is 0. The first kappa shape index (κ1) is 23.4. The summed E-state index contributed by atoms with van der Waals surface area (Å²) in [5, 5.41) is 22.5. The summed E-state index contributed by atoms with van der Waals surface area (Å²) in [6.07, 6.45) is 7.78. The third-order valence-electron chi connectivity index (χ3n) is 5.31. The number of hydrogen-bond donors (Lipinski definition) is 2. The van der Waals surface area contributed by atoms with Gasteiger partial charge in [0.1, 0.15) is 0 Å². The minimum atomic E-state index is -1.23. The van der Waals surface area contributed by atoms with Gasteiger partial charge in [0.15, 0.2) is 5.92 Å². The highest BCUT2D eigenvalue weighted by Gasteiger charge is 2.24. The van der Waals surface area contributed by atoms with E-state index >= 15 is 0 Å². The maximum absolute atomic E-state index is 10.6. The number of rotatable bonds is 10. The van der Waals surface area contributed by atoms with Gasteiger partial charge < -0.3 is 10.2 Å². The molecule has 0 fully saturated rings. The molecule has 0 aliphatic rings. The van der Waals surface area contributed by atoms with Crippen molar-refractivity contribution in [3.8, 4) is 0 Å². The average Bonchev–Trinajstić information content (AvgIpc) is 2.74. The SMILES string of the molecule is CCCCCCCCCC(C(=O)O)C(=O)O.c1ccc2cc3ccccc3cc2c1. The molecule has 3 aromatic rings. The first-order valence-corrected chi connectivity index (χ1v) is 10.9. The largest absolute Gasteiger partial charge is 0.481 e. The molecule has 0 saturated heterocycles. The fourth-order valence-electron chi connectivity index (χ4n) is 3.54. The highest BCUT2D eigenvalue weighted by atomic mass is 16.4. The molecule has 30 heavy (non-hydrogen) atoms. The molecule has 0 aliphatic heterocycles. The van der Waals surface area contributed by atoms with E-state index in [1.807, 2.05) is 0 Å². The van der Waals surface area contributed by atoms with Crippen LogP contribution in [0.25, 0.3) is 21.5 Å². The van der Waals surface area contributed by atoms with Gasteiger partial charge in [0, 0.05) is 0 Å². The minimum absolute atomic E-state index is 0.248. The lowest BCUT2D eigenvalue weighted by Gasteiger charge is -2.06. The highest BCUT2D eigenvalue weighted by Crippen LogP contribution is 2.22. The molecule has 0 spiro atoms. The molecular formula is C26H32O4. The van der Waals surface area contributed by atoms with Crippen molar-refractivity contribution in [2.75, 3.05) is 0 Å². The van der Waals surface area contributed by atoms with E-state index in [-0.39, 0.29) is 6.42 Å². The predicted octanol–water partition coefficient (Wildman–Crippen LogP) is 6.91. The van der Waals surface area contributed by atoms with Gasteiger partial charge in [-0.2, -0.15) is 0 Å². The molecular weight excluding hydrogens is 376 g/mol. The fraction of sp³-hybridized carbons (Fsp3) is 0.385. The van der Waals surface area contributed by atoms with Crippen molar-refractivity contribution < 1.29 is 19.8 Å². The molecule has 3 rings (SSSR count). The minimum Gasteiger partial charge on any atom is -0.481 e. The average molecular weight is 409 g/mol. The van der Waals surface area contributed by atoms with Gasteiger partial charge in [0.2, 0.25) is 0 Å². The van der Waals surface area contributed by atoms with Crippen LogP contribution in [0.3, 0.4) is 0 Å². The molecule has 4 nitrogen and oxygen atoms in total. The van der Waals surface area contributed by atoms with E-state index in [4.69, 9.17) is 10.2 Å². The lowest BCUT2D eigenvalue weighted by atomic mass is 10.0. The number of carboxylic acids is 2. The Morgan fingerprint density at radius 1 is 0.667 bits per heavy atom. The zero-order valence-corrected chi connectivity index (χ0v) is 17.7. The zero-order valence-electron chi connectivity index (χ0n) is 17.7. The van der Waals surface area contributed by atoms with Crippen molar-refractivity contribution >= 4 is 33.5 Å². The first-order chi connectivity index (χ1) is 14.5. The second-order valence-electron chi connectivity index (χ2n) is 7.69. The maximum atomic E-state index is 10.6. The number of benzene rings is 3. The lowest BCUT2D eigenvalue weighted by molar-refractivity contribution is -0.154. The molecule has 0 saturated carbocycles. The van der Waals surface area contributed by atoms with E-state index in [0.717, 1.165) is 12.8 Å². The van der Waals surface area contributed by atoms with Gasteiger partial charge in [0.05, 0.1) is 0 Å². The molecule has 2 N–H and O–H groups in total. The summed E-state index contributed by atoms with van der Waals surface area (Å²) in [6, 6.07) is 21.4. The van der Waals surface area contributed by atoms with Crippen molar-refractivity contribution in [2.24, 2.45) is 5.92 Å². The van der Waals surface area contributed by atoms with Crippen LogP contribution in [0.1, 0.15) is 58.3 Å². The molecule has 0 bridgehead atoms. The molecule has 0 radical (unpaired) electrons. The number of carboxylic acid groups (broad SMARTS) is 2. The second kappa shape index (κ2) is 12.6. The van der Waals surface area contributed by atoms with Crippen LogP contribution in [0.4, 0.5) is 0 Å². The number of unbranched alkanes of at least 4 members (excludes halogenated alkanes) is 6. The molecule has 0 aliphatic carbocycles. The van der Waals surface area contributed by atoms with Crippen molar-refractivity contribution in [1.82, 2.24) is 0 Å². The van der Waals surface area contributed by atoms with Crippen molar-refractivity contribution in [1.29, 1.82) is 0 Å². The Morgan fingerprint density at radius 3 is 1.40 bits per heavy atom. The Bertz CT molecular complexity index is 829. The molecule has 3 aromatic carbocycles. The summed E-state index contributed by atoms with van der Waals surface area (Å²) < 4.78 is 0. The van der Waals surface area contributed by atoms with Crippen molar-refractivity contribution in [3.05, 3.63) is 60.7 Å². The van der Waals surface area contributed by atoms with E-state index < -0.39 is 17.9 Å². The van der Waals surface area contributed by atoms with E-state index in [0.29, 0.717) is 6.42 Å². The highest BCUT2D eigenvalue weighted by molar-refractivity contribution is 5.98. The molecule has 160 valence electrons. The number of aliphatic carboxylic acids is 2. The van der Waals surface area contributed by atoms with Gasteiger partial charge in [-0.25, -0.2) is 0 Å². The molecule has 0 aromatic heterocycles. The van der Waals surface area contributed by atoms with Crippen LogP contribution in [0.15, 0.2) is 60.7 Å². The van der Waals surface area contributed by atoms with E-state index in [9.17, 15) is 9.59 Å². The normalized spacial score (nSPS) is 10.7.